The summed E-state index contributed by atoms with van der Waals surface area (Å²) in [4.78, 5) is 16.0. The summed E-state index contributed by atoms with van der Waals surface area (Å²) in [6, 6.07) is 18.1. The van der Waals surface area contributed by atoms with E-state index in [-0.39, 0.29) is 5.91 Å². The summed E-state index contributed by atoms with van der Waals surface area (Å²) >= 11 is 0. The standard InChI is InChI=1S/C22H27N5O/c1-23-21(28)19-9-5-7-17(15-19)16-26-22(24-2)25-12-6-13-27-14-11-18-8-3-4-10-20(18)27/h3-5,7-11,14-15H,6,12-13,16H2,1-2H3,(H,23,28)(H2,24,25,26). The van der Waals surface area contributed by atoms with Gasteiger partial charge < -0.3 is 20.5 Å². The third-order valence-corrected chi connectivity index (χ3v) is 4.65. The quantitative estimate of drug-likeness (QED) is 0.337. The van der Waals surface area contributed by atoms with E-state index in [9.17, 15) is 4.79 Å². The van der Waals surface area contributed by atoms with E-state index in [4.69, 9.17) is 0 Å². The van der Waals surface area contributed by atoms with Gasteiger partial charge in [-0.25, -0.2) is 0 Å². The van der Waals surface area contributed by atoms with Crippen molar-refractivity contribution in [1.29, 1.82) is 0 Å². The molecule has 0 saturated carbocycles. The van der Waals surface area contributed by atoms with E-state index in [1.165, 1.54) is 10.9 Å². The first-order valence-corrected chi connectivity index (χ1v) is 9.50. The molecule has 28 heavy (non-hydrogen) atoms. The van der Waals surface area contributed by atoms with Crippen LogP contribution in [0, 0.1) is 0 Å². The molecule has 0 spiro atoms. The van der Waals surface area contributed by atoms with Crippen LogP contribution in [0.2, 0.25) is 0 Å². The number of benzene rings is 2. The zero-order valence-electron chi connectivity index (χ0n) is 16.4. The molecule has 6 nitrogen and oxygen atoms in total. The fourth-order valence-corrected chi connectivity index (χ4v) is 3.17. The first kappa shape index (κ1) is 19.5. The summed E-state index contributed by atoms with van der Waals surface area (Å²) in [5.41, 5.74) is 2.95. The number of carbonyl (C=O) groups excluding carboxylic acids is 1. The molecule has 2 aromatic carbocycles. The third kappa shape index (κ3) is 4.91. The molecule has 0 aliphatic rings. The Morgan fingerprint density at radius 3 is 2.75 bits per heavy atom. The van der Waals surface area contributed by atoms with Gasteiger partial charge in [0.05, 0.1) is 0 Å². The van der Waals surface area contributed by atoms with Gasteiger partial charge >= 0.3 is 0 Å². The summed E-state index contributed by atoms with van der Waals surface area (Å²) in [5.74, 6) is 0.671. The Bertz CT molecular complexity index is 960. The monoisotopic (exact) mass is 377 g/mol. The number of carbonyl (C=O) groups is 1. The third-order valence-electron chi connectivity index (χ3n) is 4.65. The lowest BCUT2D eigenvalue weighted by molar-refractivity contribution is 0.0963. The molecule has 0 radical (unpaired) electrons. The summed E-state index contributed by atoms with van der Waals surface area (Å²) in [6.07, 6.45) is 3.13. The van der Waals surface area contributed by atoms with E-state index in [1.54, 1.807) is 20.2 Å². The van der Waals surface area contributed by atoms with Gasteiger partial charge in [0.15, 0.2) is 5.96 Å². The van der Waals surface area contributed by atoms with Gasteiger partial charge in [-0.1, -0.05) is 30.3 Å². The predicted octanol–water partition coefficient (Wildman–Crippen LogP) is 2.76. The minimum Gasteiger partial charge on any atom is -0.356 e. The van der Waals surface area contributed by atoms with Crippen molar-refractivity contribution in [2.24, 2.45) is 4.99 Å². The molecule has 0 unspecified atom stereocenters. The second-order valence-corrected chi connectivity index (χ2v) is 6.55. The van der Waals surface area contributed by atoms with Crippen LogP contribution in [0.1, 0.15) is 22.3 Å². The van der Waals surface area contributed by atoms with Crippen molar-refractivity contribution in [3.05, 3.63) is 71.9 Å². The van der Waals surface area contributed by atoms with Gasteiger partial charge in [0.1, 0.15) is 0 Å². The van der Waals surface area contributed by atoms with E-state index in [1.807, 2.05) is 18.2 Å². The van der Waals surface area contributed by atoms with Crippen LogP contribution in [0.4, 0.5) is 0 Å². The number of hydrogen-bond acceptors (Lipinski definition) is 2. The van der Waals surface area contributed by atoms with Gasteiger partial charge in [-0.15, -0.1) is 0 Å². The molecule has 0 fully saturated rings. The molecule has 0 saturated heterocycles. The normalized spacial score (nSPS) is 11.4. The van der Waals surface area contributed by atoms with Gasteiger partial charge in [0.2, 0.25) is 0 Å². The number of nitrogens with one attached hydrogen (secondary N) is 3. The van der Waals surface area contributed by atoms with Crippen LogP contribution in [0.5, 0.6) is 0 Å². The summed E-state index contributed by atoms with van der Waals surface area (Å²) < 4.78 is 2.28. The predicted molar refractivity (Wildman–Crippen MR) is 115 cm³/mol. The maximum atomic E-state index is 11.7. The highest BCUT2D eigenvalue weighted by Gasteiger charge is 2.05. The Labute approximate surface area is 165 Å². The average Bonchev–Trinajstić information content (AvgIpc) is 3.16. The highest BCUT2D eigenvalue weighted by atomic mass is 16.1. The Morgan fingerprint density at radius 2 is 1.93 bits per heavy atom. The molecular weight excluding hydrogens is 350 g/mol. The number of nitrogens with zero attached hydrogens (tertiary/aromatic N) is 2. The first-order valence-electron chi connectivity index (χ1n) is 9.50. The number of guanidine groups is 1. The molecular formula is C22H27N5O. The van der Waals surface area contributed by atoms with Crippen LogP contribution in [-0.2, 0) is 13.1 Å². The largest absolute Gasteiger partial charge is 0.356 e. The average molecular weight is 377 g/mol. The first-order chi connectivity index (χ1) is 13.7. The molecule has 3 aromatic rings. The second-order valence-electron chi connectivity index (χ2n) is 6.55. The van der Waals surface area contributed by atoms with Gasteiger partial charge in [-0.2, -0.15) is 0 Å². The van der Waals surface area contributed by atoms with Crippen molar-refractivity contribution >= 4 is 22.8 Å². The van der Waals surface area contributed by atoms with Crippen LogP contribution < -0.4 is 16.0 Å². The van der Waals surface area contributed by atoms with Crippen LogP contribution in [0.15, 0.2) is 65.8 Å². The molecule has 0 atom stereocenters. The number of fused-ring (bicyclic) bond motifs is 1. The molecule has 0 bridgehead atoms. The molecule has 146 valence electrons. The van der Waals surface area contributed by atoms with Crippen molar-refractivity contribution < 1.29 is 4.79 Å². The fraction of sp³-hybridized carbons (Fsp3) is 0.273. The smallest absolute Gasteiger partial charge is 0.251 e. The minimum absolute atomic E-state index is 0.0816. The van der Waals surface area contributed by atoms with Gasteiger partial charge in [-0.3, -0.25) is 9.79 Å². The number of aromatic nitrogens is 1. The van der Waals surface area contributed by atoms with Gasteiger partial charge in [0, 0.05) is 51.0 Å². The Morgan fingerprint density at radius 1 is 1.07 bits per heavy atom. The van der Waals surface area contributed by atoms with E-state index in [0.29, 0.717) is 12.1 Å². The number of hydrogen-bond donors (Lipinski definition) is 3. The highest BCUT2D eigenvalue weighted by Crippen LogP contribution is 2.15. The summed E-state index contributed by atoms with van der Waals surface area (Å²) in [7, 11) is 3.39. The van der Waals surface area contributed by atoms with E-state index in [0.717, 1.165) is 31.0 Å². The fourth-order valence-electron chi connectivity index (χ4n) is 3.17. The zero-order chi connectivity index (χ0) is 19.8. The van der Waals surface area contributed by atoms with E-state index < -0.39 is 0 Å². The molecule has 1 aromatic heterocycles. The highest BCUT2D eigenvalue weighted by molar-refractivity contribution is 5.94. The van der Waals surface area contributed by atoms with Crippen LogP contribution in [0.25, 0.3) is 10.9 Å². The molecule has 1 amide bonds. The van der Waals surface area contributed by atoms with Crippen LogP contribution >= 0.6 is 0 Å². The van der Waals surface area contributed by atoms with Crippen molar-refractivity contribution in [2.45, 2.75) is 19.5 Å². The van der Waals surface area contributed by atoms with Crippen LogP contribution in [0.3, 0.4) is 0 Å². The molecule has 0 aliphatic heterocycles. The maximum Gasteiger partial charge on any atom is 0.251 e. The van der Waals surface area contributed by atoms with Crippen molar-refractivity contribution in [2.75, 3.05) is 20.6 Å². The lowest BCUT2D eigenvalue weighted by Crippen LogP contribution is -2.37. The lowest BCUT2D eigenvalue weighted by Gasteiger charge is -2.13. The van der Waals surface area contributed by atoms with E-state index in [2.05, 4.69) is 62.0 Å². The van der Waals surface area contributed by atoms with E-state index >= 15 is 0 Å². The van der Waals surface area contributed by atoms with Crippen LogP contribution in [-0.4, -0.2) is 37.1 Å². The van der Waals surface area contributed by atoms with Crippen molar-refractivity contribution in [1.82, 2.24) is 20.5 Å². The van der Waals surface area contributed by atoms with Gasteiger partial charge in [0.25, 0.3) is 5.91 Å². The number of amides is 1. The SMILES string of the molecule is CN=C(NCCCn1ccc2ccccc21)NCc1cccc(C(=O)NC)c1. The minimum atomic E-state index is -0.0816. The number of aliphatic imine (C=N–C) groups is 1. The Kier molecular flexibility index (Phi) is 6.68. The maximum absolute atomic E-state index is 11.7. The number of aryl methyl sites for hydroxylation is 1. The van der Waals surface area contributed by atoms with Gasteiger partial charge in [-0.05, 0) is 41.6 Å². The van der Waals surface area contributed by atoms with Crippen molar-refractivity contribution in [3.8, 4) is 0 Å². The Hall–Kier alpha value is -3.28. The zero-order valence-corrected chi connectivity index (χ0v) is 16.4. The second kappa shape index (κ2) is 9.60. The number of rotatable bonds is 7. The molecule has 6 heteroatoms. The molecule has 0 aliphatic carbocycles. The van der Waals surface area contributed by atoms with Crippen molar-refractivity contribution in [3.63, 3.8) is 0 Å². The molecule has 3 N–H and O–H groups in total. The molecule has 3 rings (SSSR count). The molecule has 1 heterocycles. The Balaban J connectivity index is 1.45. The topological polar surface area (TPSA) is 70.5 Å². The number of para-hydroxylation sites is 1. The summed E-state index contributed by atoms with van der Waals surface area (Å²) in [6.45, 7) is 2.38. The lowest BCUT2D eigenvalue weighted by atomic mass is 10.1. The summed E-state index contributed by atoms with van der Waals surface area (Å²) in [5, 5.41) is 10.6.